The molecule has 0 aliphatic carbocycles. The number of aliphatic imine (C=N–C) groups is 1. The minimum absolute atomic E-state index is 0.0367. The van der Waals surface area contributed by atoms with Gasteiger partial charge in [0.25, 0.3) is 5.91 Å². The van der Waals surface area contributed by atoms with E-state index in [4.69, 9.17) is 5.11 Å². The fourth-order valence-corrected chi connectivity index (χ4v) is 3.06. The molecule has 2 aromatic rings. The first-order valence-electron chi connectivity index (χ1n) is 7.78. The number of pyridine rings is 2. The van der Waals surface area contributed by atoms with Crippen LogP contribution in [0.15, 0.2) is 59.0 Å². The van der Waals surface area contributed by atoms with Crippen LogP contribution in [0.2, 0.25) is 0 Å². The van der Waals surface area contributed by atoms with Gasteiger partial charge in [0.2, 0.25) is 0 Å². The van der Waals surface area contributed by atoms with Gasteiger partial charge in [0, 0.05) is 42.8 Å². The number of aromatic nitrogens is 2. The number of carbonyl (C=O) groups is 2. The molecule has 0 saturated carbocycles. The highest BCUT2D eigenvalue weighted by Crippen LogP contribution is 2.28. The van der Waals surface area contributed by atoms with Gasteiger partial charge in [0.05, 0.1) is 23.5 Å². The lowest BCUT2D eigenvalue weighted by molar-refractivity contribution is 0.0695. The van der Waals surface area contributed by atoms with Gasteiger partial charge in [-0.15, -0.1) is 0 Å². The van der Waals surface area contributed by atoms with E-state index in [9.17, 15) is 9.59 Å². The molecule has 0 radical (unpaired) electrons. The molecule has 2 aliphatic heterocycles. The number of hydrogen-bond acceptors (Lipinski definition) is 5. The van der Waals surface area contributed by atoms with E-state index in [0.29, 0.717) is 30.9 Å². The Hall–Kier alpha value is -3.35. The third kappa shape index (κ3) is 2.69. The van der Waals surface area contributed by atoms with E-state index in [1.807, 2.05) is 0 Å². The molecule has 1 amide bonds. The zero-order valence-corrected chi connectivity index (χ0v) is 13.2. The molecule has 2 aliphatic rings. The Morgan fingerprint density at radius 3 is 2.52 bits per heavy atom. The van der Waals surface area contributed by atoms with Crippen molar-refractivity contribution in [3.05, 3.63) is 70.8 Å². The van der Waals surface area contributed by atoms with Crippen molar-refractivity contribution in [1.29, 1.82) is 0 Å². The van der Waals surface area contributed by atoms with Gasteiger partial charge in [0.15, 0.2) is 0 Å². The molecule has 0 aromatic carbocycles. The smallest absolute Gasteiger partial charge is 0.337 e. The number of carbonyl (C=O) groups excluding carboxylic acids is 1. The molecule has 0 spiro atoms. The number of nitrogens with zero attached hydrogens (tertiary/aromatic N) is 4. The van der Waals surface area contributed by atoms with Gasteiger partial charge < -0.3 is 10.0 Å². The summed E-state index contributed by atoms with van der Waals surface area (Å²) in [5.41, 5.74) is 4.25. The van der Waals surface area contributed by atoms with Crippen LogP contribution < -0.4 is 0 Å². The van der Waals surface area contributed by atoms with Crippen molar-refractivity contribution in [3.63, 3.8) is 0 Å². The highest BCUT2D eigenvalue weighted by atomic mass is 16.4. The largest absolute Gasteiger partial charge is 0.478 e. The van der Waals surface area contributed by atoms with Crippen LogP contribution in [-0.2, 0) is 0 Å². The fourth-order valence-electron chi connectivity index (χ4n) is 3.06. The van der Waals surface area contributed by atoms with E-state index >= 15 is 0 Å². The Morgan fingerprint density at radius 2 is 1.84 bits per heavy atom. The van der Waals surface area contributed by atoms with Crippen LogP contribution in [0.1, 0.15) is 26.4 Å². The predicted octanol–water partition coefficient (Wildman–Crippen LogP) is 1.43. The second-order valence-corrected chi connectivity index (χ2v) is 5.88. The van der Waals surface area contributed by atoms with Gasteiger partial charge in [-0.3, -0.25) is 19.8 Å². The number of hydrogen-bond donors (Lipinski definition) is 1. The van der Waals surface area contributed by atoms with E-state index in [1.165, 1.54) is 12.3 Å². The maximum absolute atomic E-state index is 12.6. The monoisotopic (exact) mass is 334 g/mol. The van der Waals surface area contributed by atoms with Gasteiger partial charge in [-0.2, -0.15) is 0 Å². The Bertz CT molecular complexity index is 917. The van der Waals surface area contributed by atoms with E-state index in [0.717, 1.165) is 16.9 Å². The first kappa shape index (κ1) is 15.2. The van der Waals surface area contributed by atoms with E-state index < -0.39 is 5.97 Å². The lowest BCUT2D eigenvalue weighted by Gasteiger charge is -2.18. The molecular formula is C18H14N4O3. The molecule has 25 heavy (non-hydrogen) atoms. The summed E-state index contributed by atoms with van der Waals surface area (Å²) < 4.78 is 0. The third-order valence-corrected chi connectivity index (χ3v) is 4.34. The lowest BCUT2D eigenvalue weighted by Crippen LogP contribution is -2.31. The molecular weight excluding hydrogens is 320 g/mol. The maximum Gasteiger partial charge on any atom is 0.337 e. The molecule has 2 aromatic heterocycles. The molecule has 4 rings (SSSR count). The van der Waals surface area contributed by atoms with E-state index in [2.05, 4.69) is 15.0 Å². The summed E-state index contributed by atoms with van der Waals surface area (Å²) in [4.78, 5) is 38.0. The maximum atomic E-state index is 12.6. The van der Waals surface area contributed by atoms with Crippen molar-refractivity contribution in [1.82, 2.24) is 14.9 Å². The van der Waals surface area contributed by atoms with Crippen LogP contribution in [0.5, 0.6) is 0 Å². The van der Waals surface area contributed by atoms with Gasteiger partial charge >= 0.3 is 5.97 Å². The summed E-state index contributed by atoms with van der Waals surface area (Å²) >= 11 is 0. The zero-order valence-electron chi connectivity index (χ0n) is 13.2. The Kier molecular flexibility index (Phi) is 3.61. The van der Waals surface area contributed by atoms with Crippen molar-refractivity contribution >= 4 is 17.6 Å². The molecule has 0 unspecified atom stereocenters. The molecule has 7 nitrogen and oxygen atoms in total. The number of amides is 1. The third-order valence-electron chi connectivity index (χ3n) is 4.34. The average molecular weight is 334 g/mol. The Labute approximate surface area is 143 Å². The average Bonchev–Trinajstić information content (AvgIpc) is 3.22. The fraction of sp³-hybridized carbons (Fsp3) is 0.167. The predicted molar refractivity (Wildman–Crippen MR) is 89.8 cm³/mol. The summed E-state index contributed by atoms with van der Waals surface area (Å²) in [7, 11) is 0. The van der Waals surface area contributed by atoms with Crippen LogP contribution in [-0.4, -0.2) is 57.2 Å². The molecule has 0 saturated heterocycles. The standard InChI is InChI=1S/C18H14N4O3/c23-17(11-3-5-19-6-4-11)22-9-13-8-21-16(14(13)10-22)15-2-1-12(7-20-15)18(24)25/h1-7H,8-10H2,(H,24,25). The van der Waals surface area contributed by atoms with Crippen LogP contribution in [0, 0.1) is 0 Å². The second kappa shape index (κ2) is 5.94. The normalized spacial score (nSPS) is 16.0. The topological polar surface area (TPSA) is 95.8 Å². The van der Waals surface area contributed by atoms with Crippen LogP contribution in [0.4, 0.5) is 0 Å². The molecule has 0 fully saturated rings. The summed E-state index contributed by atoms with van der Waals surface area (Å²) in [5.74, 6) is -1.05. The summed E-state index contributed by atoms with van der Waals surface area (Å²) in [5, 5.41) is 8.97. The highest BCUT2D eigenvalue weighted by molar-refractivity contribution is 6.15. The summed E-state index contributed by atoms with van der Waals surface area (Å²) in [6, 6.07) is 6.58. The first-order valence-corrected chi connectivity index (χ1v) is 7.78. The van der Waals surface area contributed by atoms with Gasteiger partial charge in [-0.25, -0.2) is 4.79 Å². The number of carboxylic acid groups (broad SMARTS) is 1. The molecule has 0 atom stereocenters. The van der Waals surface area contributed by atoms with Crippen molar-refractivity contribution in [3.8, 4) is 0 Å². The molecule has 0 bridgehead atoms. The molecule has 124 valence electrons. The number of rotatable bonds is 3. The molecule has 4 heterocycles. The Balaban J connectivity index is 1.53. The minimum atomic E-state index is -1.01. The highest BCUT2D eigenvalue weighted by Gasteiger charge is 2.32. The second-order valence-electron chi connectivity index (χ2n) is 5.88. The van der Waals surface area contributed by atoms with Crippen LogP contribution in [0.3, 0.4) is 0 Å². The summed E-state index contributed by atoms with van der Waals surface area (Å²) in [6.45, 7) is 1.58. The van der Waals surface area contributed by atoms with Crippen molar-refractivity contribution in [2.75, 3.05) is 19.6 Å². The quantitative estimate of drug-likeness (QED) is 0.916. The van der Waals surface area contributed by atoms with Crippen molar-refractivity contribution in [2.45, 2.75) is 0 Å². The van der Waals surface area contributed by atoms with E-state index in [1.54, 1.807) is 35.5 Å². The number of aromatic carboxylic acids is 1. The van der Waals surface area contributed by atoms with Crippen molar-refractivity contribution in [2.24, 2.45) is 4.99 Å². The molecule has 7 heteroatoms. The zero-order chi connectivity index (χ0) is 17.4. The Morgan fingerprint density at radius 1 is 1.04 bits per heavy atom. The van der Waals surface area contributed by atoms with Crippen LogP contribution >= 0.6 is 0 Å². The minimum Gasteiger partial charge on any atom is -0.478 e. The van der Waals surface area contributed by atoms with Crippen molar-refractivity contribution < 1.29 is 14.7 Å². The SMILES string of the molecule is O=C(O)c1ccc(C2=NCC3=C2CN(C(=O)c2ccncc2)C3)nc1. The van der Waals surface area contributed by atoms with E-state index in [-0.39, 0.29) is 11.5 Å². The molecule has 1 N–H and O–H groups in total. The van der Waals surface area contributed by atoms with Gasteiger partial charge in [-0.05, 0) is 29.8 Å². The van der Waals surface area contributed by atoms with Crippen LogP contribution in [0.25, 0.3) is 0 Å². The lowest BCUT2D eigenvalue weighted by atomic mass is 10.1. The first-order chi connectivity index (χ1) is 12.1. The number of carboxylic acids is 1. The van der Waals surface area contributed by atoms with Gasteiger partial charge in [0.1, 0.15) is 0 Å². The van der Waals surface area contributed by atoms with Gasteiger partial charge in [-0.1, -0.05) is 0 Å². The summed E-state index contributed by atoms with van der Waals surface area (Å²) in [6.07, 6.45) is 4.53.